The molecule has 6 heteroatoms. The van der Waals surface area contributed by atoms with Gasteiger partial charge in [-0.25, -0.2) is 0 Å². The van der Waals surface area contributed by atoms with Crippen molar-refractivity contribution in [1.82, 2.24) is 20.9 Å². The number of rotatable bonds is 7. The second kappa shape index (κ2) is 8.88. The topological polar surface area (TPSA) is 73.5 Å². The van der Waals surface area contributed by atoms with Crippen LogP contribution >= 0.6 is 0 Å². The van der Waals surface area contributed by atoms with Crippen LogP contribution < -0.4 is 16.0 Å². The van der Waals surface area contributed by atoms with Crippen molar-refractivity contribution in [3.05, 3.63) is 0 Å². The van der Waals surface area contributed by atoms with Gasteiger partial charge in [-0.15, -0.1) is 0 Å². The molecule has 0 aliphatic carbocycles. The summed E-state index contributed by atoms with van der Waals surface area (Å²) in [6, 6.07) is 0. The molecular weight excluding hydrogens is 232 g/mol. The van der Waals surface area contributed by atoms with E-state index in [1.165, 1.54) is 0 Å². The molecule has 0 aromatic heterocycles. The van der Waals surface area contributed by atoms with Crippen molar-refractivity contribution in [3.63, 3.8) is 0 Å². The maximum absolute atomic E-state index is 11.4. The first-order valence-electron chi connectivity index (χ1n) is 6.69. The standard InChI is InChI=1S/C12H24N4O2/c1-2-3-11(17)15-10-12(18)14-6-9-16-7-4-13-5-8-16/h13H,2-10H2,1H3,(H,14,18)(H,15,17). The fourth-order valence-electron chi connectivity index (χ4n) is 1.85. The molecule has 1 saturated heterocycles. The Morgan fingerprint density at radius 1 is 1.17 bits per heavy atom. The van der Waals surface area contributed by atoms with Gasteiger partial charge in [0.05, 0.1) is 6.54 Å². The Kier molecular flexibility index (Phi) is 7.36. The van der Waals surface area contributed by atoms with Crippen molar-refractivity contribution in [2.75, 3.05) is 45.8 Å². The molecule has 0 atom stereocenters. The van der Waals surface area contributed by atoms with Crippen molar-refractivity contribution in [2.45, 2.75) is 19.8 Å². The number of hydrogen-bond acceptors (Lipinski definition) is 4. The Labute approximate surface area is 108 Å². The summed E-state index contributed by atoms with van der Waals surface area (Å²) in [4.78, 5) is 24.9. The van der Waals surface area contributed by atoms with Gasteiger partial charge in [-0.1, -0.05) is 6.92 Å². The van der Waals surface area contributed by atoms with Crippen LogP contribution in [-0.4, -0.2) is 62.5 Å². The van der Waals surface area contributed by atoms with Crippen molar-refractivity contribution in [2.24, 2.45) is 0 Å². The zero-order valence-corrected chi connectivity index (χ0v) is 11.1. The van der Waals surface area contributed by atoms with E-state index < -0.39 is 0 Å². The van der Waals surface area contributed by atoms with Crippen molar-refractivity contribution in [1.29, 1.82) is 0 Å². The average molecular weight is 256 g/mol. The van der Waals surface area contributed by atoms with E-state index in [-0.39, 0.29) is 18.4 Å². The third-order valence-corrected chi connectivity index (χ3v) is 2.88. The van der Waals surface area contributed by atoms with E-state index >= 15 is 0 Å². The van der Waals surface area contributed by atoms with Crippen molar-refractivity contribution < 1.29 is 9.59 Å². The van der Waals surface area contributed by atoms with Gasteiger partial charge in [-0.05, 0) is 6.42 Å². The Bertz CT molecular complexity index is 265. The minimum atomic E-state index is -0.116. The summed E-state index contributed by atoms with van der Waals surface area (Å²) in [6.45, 7) is 7.63. The molecule has 0 unspecified atom stereocenters. The summed E-state index contributed by atoms with van der Waals surface area (Å²) in [5, 5.41) is 8.69. The molecular formula is C12H24N4O2. The van der Waals surface area contributed by atoms with E-state index in [2.05, 4.69) is 20.9 Å². The van der Waals surface area contributed by atoms with E-state index in [4.69, 9.17) is 0 Å². The van der Waals surface area contributed by atoms with E-state index in [9.17, 15) is 9.59 Å². The molecule has 104 valence electrons. The fourth-order valence-corrected chi connectivity index (χ4v) is 1.85. The van der Waals surface area contributed by atoms with Crippen LogP contribution in [0.2, 0.25) is 0 Å². The van der Waals surface area contributed by atoms with Crippen LogP contribution in [-0.2, 0) is 9.59 Å². The maximum atomic E-state index is 11.4. The van der Waals surface area contributed by atoms with Crippen molar-refractivity contribution in [3.8, 4) is 0 Å². The number of amides is 2. The van der Waals surface area contributed by atoms with Gasteiger partial charge in [0.2, 0.25) is 11.8 Å². The summed E-state index contributed by atoms with van der Waals surface area (Å²) in [7, 11) is 0. The second-order valence-corrected chi connectivity index (χ2v) is 4.47. The Balaban J connectivity index is 2.00. The zero-order chi connectivity index (χ0) is 13.2. The number of hydrogen-bond donors (Lipinski definition) is 3. The molecule has 0 radical (unpaired) electrons. The Morgan fingerprint density at radius 3 is 2.56 bits per heavy atom. The highest BCUT2D eigenvalue weighted by Crippen LogP contribution is 1.89. The van der Waals surface area contributed by atoms with Gasteiger partial charge >= 0.3 is 0 Å². The van der Waals surface area contributed by atoms with Gasteiger partial charge in [0.15, 0.2) is 0 Å². The van der Waals surface area contributed by atoms with Gasteiger partial charge in [0, 0.05) is 45.7 Å². The second-order valence-electron chi connectivity index (χ2n) is 4.47. The average Bonchev–Trinajstić information content (AvgIpc) is 2.38. The highest BCUT2D eigenvalue weighted by molar-refractivity contribution is 5.84. The number of carbonyl (C=O) groups excluding carboxylic acids is 2. The van der Waals surface area contributed by atoms with Gasteiger partial charge in [0.1, 0.15) is 0 Å². The first-order chi connectivity index (χ1) is 8.72. The zero-order valence-electron chi connectivity index (χ0n) is 11.1. The lowest BCUT2D eigenvalue weighted by Gasteiger charge is -2.27. The summed E-state index contributed by atoms with van der Waals surface area (Å²) in [6.07, 6.45) is 1.28. The minimum Gasteiger partial charge on any atom is -0.353 e. The molecule has 0 aromatic rings. The van der Waals surface area contributed by atoms with Crippen LogP contribution in [0.4, 0.5) is 0 Å². The number of nitrogens with one attached hydrogen (secondary N) is 3. The summed E-state index contributed by atoms with van der Waals surface area (Å²) < 4.78 is 0. The molecule has 1 aliphatic rings. The van der Waals surface area contributed by atoms with E-state index in [1.54, 1.807) is 0 Å². The summed E-state index contributed by atoms with van der Waals surface area (Å²) >= 11 is 0. The van der Waals surface area contributed by atoms with E-state index in [0.29, 0.717) is 13.0 Å². The summed E-state index contributed by atoms with van der Waals surface area (Å²) in [5.41, 5.74) is 0. The van der Waals surface area contributed by atoms with Gasteiger partial charge < -0.3 is 16.0 Å². The lowest BCUT2D eigenvalue weighted by Crippen LogP contribution is -2.47. The SMILES string of the molecule is CCCC(=O)NCC(=O)NCCN1CCNCC1. The number of carbonyl (C=O) groups is 2. The number of nitrogens with zero attached hydrogens (tertiary/aromatic N) is 1. The Hall–Kier alpha value is -1.14. The first-order valence-corrected chi connectivity index (χ1v) is 6.69. The first kappa shape index (κ1) is 14.9. The maximum Gasteiger partial charge on any atom is 0.239 e. The summed E-state index contributed by atoms with van der Waals surface area (Å²) in [5.74, 6) is -0.177. The van der Waals surface area contributed by atoms with Crippen LogP contribution in [0.3, 0.4) is 0 Å². The van der Waals surface area contributed by atoms with Crippen LogP contribution in [0.1, 0.15) is 19.8 Å². The van der Waals surface area contributed by atoms with Crippen LogP contribution in [0.25, 0.3) is 0 Å². The molecule has 0 saturated carbocycles. The molecule has 1 fully saturated rings. The monoisotopic (exact) mass is 256 g/mol. The largest absolute Gasteiger partial charge is 0.353 e. The van der Waals surface area contributed by atoms with Gasteiger partial charge in [-0.3, -0.25) is 14.5 Å². The molecule has 3 N–H and O–H groups in total. The van der Waals surface area contributed by atoms with Gasteiger partial charge in [-0.2, -0.15) is 0 Å². The molecule has 18 heavy (non-hydrogen) atoms. The molecule has 0 aromatic carbocycles. The lowest BCUT2D eigenvalue weighted by molar-refractivity contribution is -0.126. The van der Waals surface area contributed by atoms with E-state index in [0.717, 1.165) is 39.1 Å². The lowest BCUT2D eigenvalue weighted by atomic mass is 10.3. The molecule has 6 nitrogen and oxygen atoms in total. The molecule has 1 heterocycles. The molecule has 0 spiro atoms. The van der Waals surface area contributed by atoms with Crippen LogP contribution in [0.5, 0.6) is 0 Å². The van der Waals surface area contributed by atoms with Gasteiger partial charge in [0.25, 0.3) is 0 Å². The smallest absolute Gasteiger partial charge is 0.239 e. The number of piperazine rings is 1. The predicted octanol–water partition coefficient (Wildman–Crippen LogP) is -1.08. The van der Waals surface area contributed by atoms with Crippen LogP contribution in [0.15, 0.2) is 0 Å². The highest BCUT2D eigenvalue weighted by atomic mass is 16.2. The van der Waals surface area contributed by atoms with E-state index in [1.807, 2.05) is 6.92 Å². The quantitative estimate of drug-likeness (QED) is 0.542. The molecule has 2 amide bonds. The molecule has 0 bridgehead atoms. The minimum absolute atomic E-state index is 0.0604. The fraction of sp³-hybridized carbons (Fsp3) is 0.833. The highest BCUT2D eigenvalue weighted by Gasteiger charge is 2.09. The normalized spacial score (nSPS) is 16.3. The molecule has 1 rings (SSSR count). The van der Waals surface area contributed by atoms with Crippen molar-refractivity contribution >= 4 is 11.8 Å². The van der Waals surface area contributed by atoms with Crippen LogP contribution in [0, 0.1) is 0 Å². The third-order valence-electron chi connectivity index (χ3n) is 2.88. The Morgan fingerprint density at radius 2 is 1.89 bits per heavy atom. The third kappa shape index (κ3) is 6.56. The predicted molar refractivity (Wildman–Crippen MR) is 70.2 cm³/mol. The molecule has 1 aliphatic heterocycles.